The highest BCUT2D eigenvalue weighted by Crippen LogP contribution is 2.35. The monoisotopic (exact) mass is 516 g/mol. The summed E-state index contributed by atoms with van der Waals surface area (Å²) in [7, 11) is -4.30. The molecule has 1 aliphatic rings. The van der Waals surface area contributed by atoms with Gasteiger partial charge >= 0.3 is 0 Å². The maximum atomic E-state index is 10.4. The Balaban J connectivity index is 0.000000233. The van der Waals surface area contributed by atoms with Gasteiger partial charge in [0.2, 0.25) is 0 Å². The van der Waals surface area contributed by atoms with Gasteiger partial charge in [-0.05, 0) is 79.8 Å². The zero-order chi connectivity index (χ0) is 25.4. The van der Waals surface area contributed by atoms with Crippen molar-refractivity contribution in [1.29, 1.82) is 0 Å². The Morgan fingerprint density at radius 3 is 1.58 bits per heavy atom. The molecule has 0 bridgehead atoms. The molecule has 0 amide bonds. The fraction of sp³-hybridized carbons (Fsp3) is 0.226. The van der Waals surface area contributed by atoms with Gasteiger partial charge in [-0.2, -0.15) is 0 Å². The van der Waals surface area contributed by atoms with Gasteiger partial charge in [0.05, 0.1) is 15.8 Å². The van der Waals surface area contributed by atoms with Crippen molar-refractivity contribution < 1.29 is 13.0 Å². The van der Waals surface area contributed by atoms with Crippen LogP contribution in [-0.2, 0) is 21.0 Å². The second-order valence-corrected chi connectivity index (χ2v) is 12.5. The van der Waals surface area contributed by atoms with Crippen LogP contribution in [-0.4, -0.2) is 13.0 Å². The molecule has 1 saturated carbocycles. The smallest absolute Gasteiger partial charge is 0.166 e. The van der Waals surface area contributed by atoms with Crippen molar-refractivity contribution in [3.05, 3.63) is 120 Å². The average molecular weight is 517 g/mol. The van der Waals surface area contributed by atoms with Crippen LogP contribution in [0.5, 0.6) is 0 Å². The largest absolute Gasteiger partial charge is 0.744 e. The molecule has 1 fully saturated rings. The summed E-state index contributed by atoms with van der Waals surface area (Å²) >= 11 is 0. The average Bonchev–Trinajstić information content (AvgIpc) is 2.91. The van der Waals surface area contributed by atoms with Crippen LogP contribution >= 0.6 is 0 Å². The van der Waals surface area contributed by atoms with E-state index in [1.54, 1.807) is 12.1 Å². The molecule has 5 rings (SSSR count). The summed E-state index contributed by atoms with van der Waals surface area (Å²) in [5.74, 6) is 0.776. The van der Waals surface area contributed by atoms with E-state index in [4.69, 9.17) is 0 Å². The lowest BCUT2D eigenvalue weighted by atomic mass is 9.84. The van der Waals surface area contributed by atoms with Gasteiger partial charge in [-0.3, -0.25) is 0 Å². The number of aryl methyl sites for hydroxylation is 1. The summed E-state index contributed by atoms with van der Waals surface area (Å²) in [6.07, 6.45) is 6.93. The Morgan fingerprint density at radius 2 is 1.11 bits per heavy atom. The molecule has 0 N–H and O–H groups in total. The molecule has 5 heteroatoms. The number of hydrogen-bond donors (Lipinski definition) is 0. The predicted octanol–water partition coefficient (Wildman–Crippen LogP) is 7.73. The Labute approximate surface area is 218 Å². The third-order valence-corrected chi connectivity index (χ3v) is 9.54. The molecule has 4 aromatic carbocycles. The summed E-state index contributed by atoms with van der Waals surface area (Å²) in [4.78, 5) is 4.01. The lowest BCUT2D eigenvalue weighted by Crippen LogP contribution is -2.07. The Morgan fingerprint density at radius 1 is 0.639 bits per heavy atom. The van der Waals surface area contributed by atoms with Gasteiger partial charge in [-0.1, -0.05) is 85.5 Å². The van der Waals surface area contributed by atoms with E-state index >= 15 is 0 Å². The van der Waals surface area contributed by atoms with E-state index in [0.717, 1.165) is 11.5 Å². The highest BCUT2D eigenvalue weighted by atomic mass is 32.2. The Bertz CT molecular complexity index is 1270. The minimum absolute atomic E-state index is 0.0278. The van der Waals surface area contributed by atoms with Crippen LogP contribution in [0.2, 0.25) is 0 Å². The van der Waals surface area contributed by atoms with E-state index in [1.807, 2.05) is 6.92 Å². The van der Waals surface area contributed by atoms with E-state index in [-0.39, 0.29) is 15.8 Å². The molecule has 0 aliphatic heterocycles. The molecule has 0 atom stereocenters. The van der Waals surface area contributed by atoms with Crippen LogP contribution in [0.25, 0.3) is 0 Å². The maximum Gasteiger partial charge on any atom is 0.166 e. The van der Waals surface area contributed by atoms with E-state index in [2.05, 4.69) is 84.9 Å². The third kappa shape index (κ3) is 7.10. The van der Waals surface area contributed by atoms with Gasteiger partial charge in [0.15, 0.2) is 14.7 Å². The lowest BCUT2D eigenvalue weighted by Gasteiger charge is -2.22. The van der Waals surface area contributed by atoms with E-state index in [0.29, 0.717) is 0 Å². The Hall–Kier alpha value is -2.86. The number of benzene rings is 4. The van der Waals surface area contributed by atoms with Crippen molar-refractivity contribution in [1.82, 2.24) is 0 Å². The van der Waals surface area contributed by atoms with Gasteiger partial charge in [0, 0.05) is 0 Å². The SMILES string of the molecule is Cc1ccc(S(=O)(=O)[O-])cc1.c1ccc([S+](c2ccccc2)c2ccc(C3CCCCC3)cc2)cc1. The first kappa shape index (κ1) is 26.2. The van der Waals surface area contributed by atoms with E-state index in [1.165, 1.54) is 64.5 Å². The molecule has 0 unspecified atom stereocenters. The van der Waals surface area contributed by atoms with Crippen LogP contribution in [0.3, 0.4) is 0 Å². The molecule has 0 radical (unpaired) electrons. The van der Waals surface area contributed by atoms with Gasteiger partial charge in [0.1, 0.15) is 10.1 Å². The van der Waals surface area contributed by atoms with Crippen LogP contribution in [0.15, 0.2) is 129 Å². The molecule has 186 valence electrons. The summed E-state index contributed by atoms with van der Waals surface area (Å²) in [5, 5.41) is 0. The highest BCUT2D eigenvalue weighted by Gasteiger charge is 2.28. The summed E-state index contributed by atoms with van der Waals surface area (Å²) in [6.45, 7) is 1.82. The van der Waals surface area contributed by atoms with Crippen molar-refractivity contribution in [3.8, 4) is 0 Å². The van der Waals surface area contributed by atoms with E-state index < -0.39 is 10.1 Å². The molecule has 0 heterocycles. The van der Waals surface area contributed by atoms with Crippen molar-refractivity contribution >= 4 is 21.0 Å². The van der Waals surface area contributed by atoms with Gasteiger partial charge in [0.25, 0.3) is 0 Å². The summed E-state index contributed by atoms with van der Waals surface area (Å²) < 4.78 is 31.2. The van der Waals surface area contributed by atoms with Crippen LogP contribution in [0, 0.1) is 6.92 Å². The zero-order valence-electron chi connectivity index (χ0n) is 20.5. The maximum absolute atomic E-state index is 10.4. The molecule has 4 aromatic rings. The minimum atomic E-state index is -4.27. The molecular formula is C31H32O3S2. The van der Waals surface area contributed by atoms with Crippen molar-refractivity contribution in [2.75, 3.05) is 0 Å². The molecule has 0 spiro atoms. The van der Waals surface area contributed by atoms with E-state index in [9.17, 15) is 13.0 Å². The fourth-order valence-corrected chi connectivity index (χ4v) is 7.09. The predicted molar refractivity (Wildman–Crippen MR) is 146 cm³/mol. The van der Waals surface area contributed by atoms with Gasteiger partial charge in [-0.15, -0.1) is 0 Å². The molecule has 3 nitrogen and oxygen atoms in total. The lowest BCUT2D eigenvalue weighted by molar-refractivity contribution is 0.443. The van der Waals surface area contributed by atoms with Crippen molar-refractivity contribution in [3.63, 3.8) is 0 Å². The highest BCUT2D eigenvalue weighted by molar-refractivity contribution is 7.97. The summed E-state index contributed by atoms with van der Waals surface area (Å²) in [5.41, 5.74) is 2.46. The first-order valence-corrected chi connectivity index (χ1v) is 15.0. The first-order chi connectivity index (χ1) is 17.4. The first-order valence-electron chi connectivity index (χ1n) is 12.4. The molecular weight excluding hydrogens is 484 g/mol. The van der Waals surface area contributed by atoms with Crippen LogP contribution in [0.1, 0.15) is 49.1 Å². The van der Waals surface area contributed by atoms with Gasteiger partial charge in [-0.25, -0.2) is 8.42 Å². The quantitative estimate of drug-likeness (QED) is 0.201. The molecule has 1 aliphatic carbocycles. The topological polar surface area (TPSA) is 57.2 Å². The third-order valence-electron chi connectivity index (χ3n) is 6.46. The van der Waals surface area contributed by atoms with Gasteiger partial charge < -0.3 is 4.55 Å². The zero-order valence-corrected chi connectivity index (χ0v) is 22.2. The fourth-order valence-electron chi connectivity index (χ4n) is 4.54. The molecule has 0 aromatic heterocycles. The Kier molecular flexibility index (Phi) is 9.03. The second-order valence-electron chi connectivity index (χ2n) is 9.10. The van der Waals surface area contributed by atoms with Crippen LogP contribution < -0.4 is 0 Å². The molecule has 0 saturated heterocycles. The number of hydrogen-bond acceptors (Lipinski definition) is 3. The minimum Gasteiger partial charge on any atom is -0.744 e. The number of rotatable bonds is 5. The van der Waals surface area contributed by atoms with Crippen LogP contribution in [0.4, 0.5) is 0 Å². The molecule has 36 heavy (non-hydrogen) atoms. The van der Waals surface area contributed by atoms with Crippen molar-refractivity contribution in [2.45, 2.75) is 64.5 Å². The standard InChI is InChI=1S/C24H25S.C7H8O3S/c1-4-10-20(11-5-1)21-16-18-24(19-17-21)25(22-12-6-2-7-13-22)23-14-8-3-9-15-23;1-6-2-4-7(5-3-6)11(8,9)10/h2-3,6-9,12-20H,1,4-5,10-11H2;2-5H,1H3,(H,8,9,10)/q+1;/p-1. The normalized spacial score (nSPS) is 14.2. The second kappa shape index (κ2) is 12.4. The van der Waals surface area contributed by atoms with Crippen molar-refractivity contribution in [2.24, 2.45) is 0 Å². The summed E-state index contributed by atoms with van der Waals surface area (Å²) in [6, 6.07) is 37.1.